The lowest BCUT2D eigenvalue weighted by Crippen LogP contribution is -2.43. The molecule has 140 valence electrons. The molecule has 0 aromatic heterocycles. The van der Waals surface area contributed by atoms with Gasteiger partial charge in [-0.15, -0.1) is 0 Å². The van der Waals surface area contributed by atoms with Crippen LogP contribution in [0.1, 0.15) is 37.3 Å². The molecule has 0 amide bonds. The van der Waals surface area contributed by atoms with E-state index in [1.807, 2.05) is 6.07 Å². The highest BCUT2D eigenvalue weighted by atomic mass is 16.5. The largest absolute Gasteiger partial charge is 0.497 e. The molecule has 2 saturated heterocycles. The van der Waals surface area contributed by atoms with Crippen molar-refractivity contribution in [1.82, 2.24) is 10.2 Å². The van der Waals surface area contributed by atoms with Gasteiger partial charge >= 0.3 is 0 Å². The fourth-order valence-corrected chi connectivity index (χ4v) is 4.66. The Bertz CT molecular complexity index is 734. The molecular formula is C22H30N2O2. The summed E-state index contributed by atoms with van der Waals surface area (Å²) in [5.74, 6) is 1.59. The number of nitrogens with zero attached hydrogens (tertiary/aromatic N) is 1. The molecule has 2 fully saturated rings. The molecule has 1 atom stereocenters. The van der Waals surface area contributed by atoms with Gasteiger partial charge in [-0.2, -0.15) is 0 Å². The minimum atomic E-state index is -0.121. The van der Waals surface area contributed by atoms with Crippen molar-refractivity contribution in [2.75, 3.05) is 33.3 Å². The number of hydrogen-bond donors (Lipinski definition) is 2. The van der Waals surface area contributed by atoms with Crippen LogP contribution in [0.4, 0.5) is 0 Å². The summed E-state index contributed by atoms with van der Waals surface area (Å²) in [6, 6.07) is 13.7. The van der Waals surface area contributed by atoms with Gasteiger partial charge in [-0.25, -0.2) is 0 Å². The first-order valence-electron chi connectivity index (χ1n) is 9.95. The summed E-state index contributed by atoms with van der Waals surface area (Å²) in [7, 11) is 1.72. The van der Waals surface area contributed by atoms with E-state index in [0.717, 1.165) is 44.8 Å². The van der Waals surface area contributed by atoms with E-state index in [9.17, 15) is 5.11 Å². The highest BCUT2D eigenvalue weighted by Crippen LogP contribution is 2.37. The predicted molar refractivity (Wildman–Crippen MR) is 106 cm³/mol. The molecule has 2 aromatic rings. The quantitative estimate of drug-likeness (QED) is 0.884. The summed E-state index contributed by atoms with van der Waals surface area (Å²) in [4.78, 5) is 2.62. The van der Waals surface area contributed by atoms with Gasteiger partial charge in [0, 0.05) is 19.1 Å². The van der Waals surface area contributed by atoms with Crippen LogP contribution in [-0.2, 0) is 0 Å². The van der Waals surface area contributed by atoms with Crippen LogP contribution in [-0.4, -0.2) is 49.4 Å². The second-order valence-electron chi connectivity index (χ2n) is 7.77. The number of ether oxygens (including phenoxy) is 1. The van der Waals surface area contributed by atoms with E-state index >= 15 is 0 Å². The zero-order chi connectivity index (χ0) is 17.9. The molecule has 2 aromatic carbocycles. The number of aliphatic hydroxyl groups excluding tert-OH is 1. The van der Waals surface area contributed by atoms with Crippen LogP contribution >= 0.6 is 0 Å². The summed E-state index contributed by atoms with van der Waals surface area (Å²) >= 11 is 0. The van der Waals surface area contributed by atoms with Crippen LogP contribution < -0.4 is 10.1 Å². The van der Waals surface area contributed by atoms with Crippen LogP contribution in [0.3, 0.4) is 0 Å². The lowest BCUT2D eigenvalue weighted by Gasteiger charge is -2.42. The number of hydrogen-bond acceptors (Lipinski definition) is 4. The van der Waals surface area contributed by atoms with E-state index in [1.165, 1.54) is 29.2 Å². The van der Waals surface area contributed by atoms with E-state index < -0.39 is 0 Å². The summed E-state index contributed by atoms with van der Waals surface area (Å²) in [5.41, 5.74) is 1.42. The monoisotopic (exact) mass is 354 g/mol. The first-order valence-corrected chi connectivity index (χ1v) is 9.95. The van der Waals surface area contributed by atoms with E-state index in [2.05, 4.69) is 40.5 Å². The van der Waals surface area contributed by atoms with Crippen LogP contribution in [0.5, 0.6) is 5.75 Å². The molecular weight excluding hydrogens is 324 g/mol. The minimum absolute atomic E-state index is 0.121. The summed E-state index contributed by atoms with van der Waals surface area (Å²) in [5, 5.41) is 15.9. The molecule has 0 saturated carbocycles. The third-order valence-corrected chi connectivity index (χ3v) is 6.14. The highest BCUT2D eigenvalue weighted by molar-refractivity contribution is 5.84. The molecule has 2 N–H and O–H groups in total. The molecule has 4 heteroatoms. The fraction of sp³-hybridized carbons (Fsp3) is 0.545. The number of methoxy groups -OCH3 is 1. The van der Waals surface area contributed by atoms with Crippen molar-refractivity contribution >= 4 is 10.8 Å². The average molecular weight is 354 g/mol. The lowest BCUT2D eigenvalue weighted by atomic mass is 9.83. The Kier molecular flexibility index (Phi) is 5.44. The predicted octanol–water partition coefficient (Wildman–Crippen LogP) is 3.35. The topological polar surface area (TPSA) is 44.7 Å². The highest BCUT2D eigenvalue weighted by Gasteiger charge is 2.32. The Hall–Kier alpha value is -1.62. The maximum Gasteiger partial charge on any atom is 0.119 e. The van der Waals surface area contributed by atoms with Gasteiger partial charge in [0.05, 0.1) is 13.2 Å². The summed E-state index contributed by atoms with van der Waals surface area (Å²) in [6.07, 6.45) is 4.12. The maximum atomic E-state index is 9.93. The molecule has 2 heterocycles. The van der Waals surface area contributed by atoms with Crippen molar-refractivity contribution in [3.05, 3.63) is 42.0 Å². The molecule has 26 heavy (non-hydrogen) atoms. The minimum Gasteiger partial charge on any atom is -0.497 e. The third kappa shape index (κ3) is 3.73. The average Bonchev–Trinajstić information content (AvgIpc) is 2.70. The first kappa shape index (κ1) is 17.8. The van der Waals surface area contributed by atoms with Crippen molar-refractivity contribution in [2.24, 2.45) is 5.92 Å². The van der Waals surface area contributed by atoms with Gasteiger partial charge < -0.3 is 15.2 Å². The number of piperidine rings is 2. The number of rotatable bonds is 4. The first-order chi connectivity index (χ1) is 12.7. The molecule has 0 aliphatic carbocycles. The third-order valence-electron chi connectivity index (χ3n) is 6.14. The normalized spacial score (nSPS) is 21.8. The van der Waals surface area contributed by atoms with Gasteiger partial charge in [0.2, 0.25) is 0 Å². The summed E-state index contributed by atoms with van der Waals surface area (Å²) in [6.45, 7) is 4.22. The summed E-state index contributed by atoms with van der Waals surface area (Å²) < 4.78 is 5.36. The van der Waals surface area contributed by atoms with E-state index in [4.69, 9.17) is 4.74 Å². The van der Waals surface area contributed by atoms with Gasteiger partial charge in [0.25, 0.3) is 0 Å². The van der Waals surface area contributed by atoms with Crippen LogP contribution in [0.25, 0.3) is 10.8 Å². The molecule has 4 rings (SSSR count). The lowest BCUT2D eigenvalue weighted by molar-refractivity contribution is 0.0372. The number of likely N-dealkylation sites (tertiary alicyclic amines) is 1. The van der Waals surface area contributed by atoms with Gasteiger partial charge in [0.15, 0.2) is 0 Å². The van der Waals surface area contributed by atoms with Gasteiger partial charge in [0.1, 0.15) is 5.75 Å². The molecule has 4 nitrogen and oxygen atoms in total. The number of fused-ring (bicyclic) bond motifs is 1. The Morgan fingerprint density at radius 1 is 1.00 bits per heavy atom. The van der Waals surface area contributed by atoms with Crippen LogP contribution in [0, 0.1) is 5.92 Å². The molecule has 0 radical (unpaired) electrons. The SMILES string of the molecule is COc1ccc2cc(C(C3CCNCC3)N3CCC(O)CC3)ccc2c1. The maximum absolute atomic E-state index is 9.93. The number of nitrogens with one attached hydrogen (secondary N) is 1. The fourth-order valence-electron chi connectivity index (χ4n) is 4.66. The smallest absolute Gasteiger partial charge is 0.119 e. The Morgan fingerprint density at radius 3 is 2.42 bits per heavy atom. The molecule has 2 aliphatic heterocycles. The molecule has 2 aliphatic rings. The van der Waals surface area contributed by atoms with Crippen LogP contribution in [0.2, 0.25) is 0 Å². The zero-order valence-electron chi connectivity index (χ0n) is 15.7. The van der Waals surface area contributed by atoms with Gasteiger partial charge in [-0.3, -0.25) is 4.90 Å². The standard InChI is InChI=1S/C22H30N2O2/c1-26-21-5-4-17-14-19(3-2-18(17)15-21)22(16-6-10-23-11-7-16)24-12-8-20(25)9-13-24/h2-5,14-16,20,22-23,25H,6-13H2,1H3. The Labute approximate surface area is 156 Å². The molecule has 0 bridgehead atoms. The van der Waals surface area contributed by atoms with Gasteiger partial charge in [-0.05, 0) is 79.2 Å². The molecule has 0 spiro atoms. The second-order valence-corrected chi connectivity index (χ2v) is 7.77. The Balaban J connectivity index is 1.66. The second kappa shape index (κ2) is 7.95. The van der Waals surface area contributed by atoms with E-state index in [0.29, 0.717) is 12.0 Å². The Morgan fingerprint density at radius 2 is 1.69 bits per heavy atom. The van der Waals surface area contributed by atoms with E-state index in [-0.39, 0.29) is 6.10 Å². The van der Waals surface area contributed by atoms with Crippen molar-refractivity contribution in [1.29, 1.82) is 0 Å². The van der Waals surface area contributed by atoms with Gasteiger partial charge in [-0.1, -0.05) is 18.2 Å². The van der Waals surface area contributed by atoms with Crippen molar-refractivity contribution in [3.63, 3.8) is 0 Å². The van der Waals surface area contributed by atoms with Crippen molar-refractivity contribution in [2.45, 2.75) is 37.8 Å². The zero-order valence-corrected chi connectivity index (χ0v) is 15.7. The van der Waals surface area contributed by atoms with Crippen molar-refractivity contribution in [3.8, 4) is 5.75 Å². The number of benzene rings is 2. The van der Waals surface area contributed by atoms with E-state index in [1.54, 1.807) is 7.11 Å². The van der Waals surface area contributed by atoms with Crippen molar-refractivity contribution < 1.29 is 9.84 Å². The van der Waals surface area contributed by atoms with Crippen LogP contribution in [0.15, 0.2) is 36.4 Å². The molecule has 1 unspecified atom stereocenters. The number of aliphatic hydroxyl groups is 1.